The molecule has 2 N–H and O–H groups in total. The zero-order valence-corrected chi connectivity index (χ0v) is 9.15. The molecule has 1 fully saturated rings. The summed E-state index contributed by atoms with van der Waals surface area (Å²) in [5, 5.41) is 12.4. The second-order valence-corrected chi connectivity index (χ2v) is 4.33. The maximum atomic E-state index is 11.3. The number of hydrogen-bond donors (Lipinski definition) is 2. The van der Waals surface area contributed by atoms with Crippen molar-refractivity contribution in [3.63, 3.8) is 0 Å². The molecule has 86 valence electrons. The molecule has 0 aromatic carbocycles. The first-order chi connectivity index (χ1) is 7.73. The van der Waals surface area contributed by atoms with Crippen molar-refractivity contribution in [2.45, 2.75) is 19.3 Å². The Bertz CT molecular complexity index is 359. The predicted octanol–water partition coefficient (Wildman–Crippen LogP) is 1.08. The third-order valence-corrected chi connectivity index (χ3v) is 3.28. The van der Waals surface area contributed by atoms with Crippen LogP contribution in [0.3, 0.4) is 0 Å². The Kier molecular flexibility index (Phi) is 3.19. The second kappa shape index (κ2) is 4.61. The summed E-state index contributed by atoms with van der Waals surface area (Å²) in [4.78, 5) is 15.5. The quantitative estimate of drug-likeness (QED) is 0.797. The lowest BCUT2D eigenvalue weighted by molar-refractivity contribution is -0.148. The van der Waals surface area contributed by atoms with Crippen LogP contribution in [0.4, 0.5) is 0 Å². The van der Waals surface area contributed by atoms with E-state index in [0.29, 0.717) is 13.0 Å². The van der Waals surface area contributed by atoms with Crippen molar-refractivity contribution < 1.29 is 9.90 Å². The van der Waals surface area contributed by atoms with Crippen molar-refractivity contribution >= 4 is 5.97 Å². The van der Waals surface area contributed by atoms with Crippen molar-refractivity contribution in [3.05, 3.63) is 30.1 Å². The molecule has 1 unspecified atom stereocenters. The Hall–Kier alpha value is -1.42. The topological polar surface area (TPSA) is 62.2 Å². The third-order valence-electron chi connectivity index (χ3n) is 3.28. The van der Waals surface area contributed by atoms with Crippen LogP contribution in [0.1, 0.15) is 18.5 Å². The van der Waals surface area contributed by atoms with Crippen molar-refractivity contribution in [2.75, 3.05) is 13.1 Å². The Morgan fingerprint density at radius 3 is 3.00 bits per heavy atom. The standard InChI is InChI=1S/C12H16N2O2/c15-11(16)12(6-8-13-9-12)5-4-10-3-1-2-7-14-10/h1-3,7,13H,4-6,8-9H2,(H,15,16). The number of pyridine rings is 1. The summed E-state index contributed by atoms with van der Waals surface area (Å²) in [6, 6.07) is 5.74. The van der Waals surface area contributed by atoms with Crippen LogP contribution in [0.25, 0.3) is 0 Å². The molecule has 0 radical (unpaired) electrons. The van der Waals surface area contributed by atoms with E-state index in [2.05, 4.69) is 10.3 Å². The molecular formula is C12H16N2O2. The first-order valence-electron chi connectivity index (χ1n) is 5.57. The van der Waals surface area contributed by atoms with Gasteiger partial charge < -0.3 is 10.4 Å². The van der Waals surface area contributed by atoms with E-state index in [1.165, 1.54) is 0 Å². The van der Waals surface area contributed by atoms with Crippen LogP contribution in [0, 0.1) is 5.41 Å². The van der Waals surface area contributed by atoms with Gasteiger partial charge in [-0.25, -0.2) is 0 Å². The van der Waals surface area contributed by atoms with E-state index in [1.54, 1.807) is 6.20 Å². The van der Waals surface area contributed by atoms with E-state index in [-0.39, 0.29) is 0 Å². The highest BCUT2D eigenvalue weighted by Gasteiger charge is 2.40. The molecule has 1 aliphatic rings. The van der Waals surface area contributed by atoms with Gasteiger partial charge in [0.2, 0.25) is 0 Å². The highest BCUT2D eigenvalue weighted by molar-refractivity contribution is 5.75. The summed E-state index contributed by atoms with van der Waals surface area (Å²) in [6.45, 7) is 1.38. The molecular weight excluding hydrogens is 204 g/mol. The van der Waals surface area contributed by atoms with Crippen molar-refractivity contribution in [2.24, 2.45) is 5.41 Å². The van der Waals surface area contributed by atoms with E-state index < -0.39 is 11.4 Å². The zero-order valence-electron chi connectivity index (χ0n) is 9.15. The summed E-state index contributed by atoms with van der Waals surface area (Å²) >= 11 is 0. The molecule has 0 amide bonds. The van der Waals surface area contributed by atoms with Crippen molar-refractivity contribution in [3.8, 4) is 0 Å². The molecule has 1 atom stereocenters. The van der Waals surface area contributed by atoms with Gasteiger partial charge in [0, 0.05) is 18.4 Å². The molecule has 1 aliphatic heterocycles. The average Bonchev–Trinajstić information content (AvgIpc) is 2.78. The minimum Gasteiger partial charge on any atom is -0.481 e. The molecule has 0 aliphatic carbocycles. The van der Waals surface area contributed by atoms with Gasteiger partial charge in [0.1, 0.15) is 0 Å². The van der Waals surface area contributed by atoms with E-state index in [9.17, 15) is 9.90 Å². The number of carboxylic acids is 1. The fraction of sp³-hybridized carbons (Fsp3) is 0.500. The lowest BCUT2D eigenvalue weighted by Gasteiger charge is -2.22. The largest absolute Gasteiger partial charge is 0.481 e. The maximum Gasteiger partial charge on any atom is 0.310 e. The Morgan fingerprint density at radius 2 is 2.44 bits per heavy atom. The molecule has 4 nitrogen and oxygen atoms in total. The third kappa shape index (κ3) is 2.22. The molecule has 1 aromatic heterocycles. The molecule has 0 bridgehead atoms. The first kappa shape index (κ1) is 11.1. The Morgan fingerprint density at radius 1 is 1.56 bits per heavy atom. The van der Waals surface area contributed by atoms with Crippen molar-refractivity contribution in [1.29, 1.82) is 0 Å². The minimum atomic E-state index is -0.687. The number of hydrogen-bond acceptors (Lipinski definition) is 3. The van der Waals surface area contributed by atoms with Crippen LogP contribution >= 0.6 is 0 Å². The fourth-order valence-corrected chi connectivity index (χ4v) is 2.16. The van der Waals surface area contributed by atoms with Crippen LogP contribution in [-0.2, 0) is 11.2 Å². The van der Waals surface area contributed by atoms with E-state index in [4.69, 9.17) is 0 Å². The van der Waals surface area contributed by atoms with Gasteiger partial charge in [-0.15, -0.1) is 0 Å². The normalized spacial score (nSPS) is 24.5. The summed E-state index contributed by atoms with van der Waals surface area (Å²) in [6.07, 6.45) is 3.85. The predicted molar refractivity (Wildman–Crippen MR) is 60.1 cm³/mol. The van der Waals surface area contributed by atoms with Gasteiger partial charge >= 0.3 is 5.97 Å². The Balaban J connectivity index is 2.00. The second-order valence-electron chi connectivity index (χ2n) is 4.33. The molecule has 2 rings (SSSR count). The van der Waals surface area contributed by atoms with Crippen LogP contribution < -0.4 is 5.32 Å². The summed E-state index contributed by atoms with van der Waals surface area (Å²) in [5.41, 5.74) is 0.382. The van der Waals surface area contributed by atoms with Crippen LogP contribution in [-0.4, -0.2) is 29.1 Å². The van der Waals surface area contributed by atoms with Gasteiger partial charge in [-0.05, 0) is 37.9 Å². The number of carbonyl (C=O) groups is 1. The van der Waals surface area contributed by atoms with E-state index in [0.717, 1.165) is 25.1 Å². The minimum absolute atomic E-state index is 0.579. The van der Waals surface area contributed by atoms with Gasteiger partial charge in [-0.3, -0.25) is 9.78 Å². The smallest absolute Gasteiger partial charge is 0.310 e. The molecule has 0 saturated carbocycles. The lowest BCUT2D eigenvalue weighted by atomic mass is 9.82. The van der Waals surface area contributed by atoms with Crippen LogP contribution in [0.15, 0.2) is 24.4 Å². The highest BCUT2D eigenvalue weighted by atomic mass is 16.4. The number of aromatic nitrogens is 1. The monoisotopic (exact) mass is 220 g/mol. The molecule has 1 aromatic rings. The zero-order chi connectivity index (χ0) is 11.4. The van der Waals surface area contributed by atoms with E-state index >= 15 is 0 Å². The molecule has 1 saturated heterocycles. The maximum absolute atomic E-state index is 11.3. The number of carboxylic acid groups (broad SMARTS) is 1. The molecule has 16 heavy (non-hydrogen) atoms. The molecule has 2 heterocycles. The summed E-state index contributed by atoms with van der Waals surface area (Å²) in [5.74, 6) is -0.687. The van der Waals surface area contributed by atoms with Gasteiger partial charge in [-0.1, -0.05) is 6.07 Å². The molecule has 4 heteroatoms. The number of rotatable bonds is 4. The van der Waals surface area contributed by atoms with Gasteiger partial charge in [0.05, 0.1) is 5.41 Å². The van der Waals surface area contributed by atoms with Crippen LogP contribution in [0.2, 0.25) is 0 Å². The summed E-state index contributed by atoms with van der Waals surface area (Å²) < 4.78 is 0. The lowest BCUT2D eigenvalue weighted by Crippen LogP contribution is -2.33. The first-order valence-corrected chi connectivity index (χ1v) is 5.57. The van der Waals surface area contributed by atoms with E-state index in [1.807, 2.05) is 18.2 Å². The fourth-order valence-electron chi connectivity index (χ4n) is 2.16. The SMILES string of the molecule is O=C(O)C1(CCc2ccccn2)CCNC1. The molecule has 0 spiro atoms. The summed E-state index contributed by atoms with van der Waals surface area (Å²) in [7, 11) is 0. The number of aryl methyl sites for hydroxylation is 1. The van der Waals surface area contributed by atoms with Gasteiger partial charge in [0.15, 0.2) is 0 Å². The van der Waals surface area contributed by atoms with Crippen molar-refractivity contribution in [1.82, 2.24) is 10.3 Å². The number of nitrogens with zero attached hydrogens (tertiary/aromatic N) is 1. The van der Waals surface area contributed by atoms with Gasteiger partial charge in [0.25, 0.3) is 0 Å². The van der Waals surface area contributed by atoms with Gasteiger partial charge in [-0.2, -0.15) is 0 Å². The van der Waals surface area contributed by atoms with Crippen LogP contribution in [0.5, 0.6) is 0 Å². The number of aliphatic carboxylic acids is 1. The average molecular weight is 220 g/mol. The number of nitrogens with one attached hydrogen (secondary N) is 1. The highest BCUT2D eigenvalue weighted by Crippen LogP contribution is 2.31. The Labute approximate surface area is 94.7 Å².